The van der Waals surface area contributed by atoms with Crippen molar-refractivity contribution in [1.29, 1.82) is 0 Å². The molecule has 6 nitrogen and oxygen atoms in total. The molecule has 4 rings (SSSR count). The van der Waals surface area contributed by atoms with Crippen molar-refractivity contribution in [3.63, 3.8) is 0 Å². The molecular formula is C24H21ClN4O2S. The predicted octanol–water partition coefficient (Wildman–Crippen LogP) is 5.94. The monoisotopic (exact) mass is 464 g/mol. The summed E-state index contributed by atoms with van der Waals surface area (Å²) < 4.78 is 7.20. The first kappa shape index (κ1) is 21.9. The maximum atomic E-state index is 5.82. The van der Waals surface area contributed by atoms with Gasteiger partial charge in [-0.15, -0.1) is 0 Å². The number of benzene rings is 2. The van der Waals surface area contributed by atoms with Gasteiger partial charge in [-0.25, -0.2) is 9.67 Å². The van der Waals surface area contributed by atoms with Gasteiger partial charge >= 0.3 is 0 Å². The zero-order chi connectivity index (χ0) is 22.3. The van der Waals surface area contributed by atoms with E-state index in [1.807, 2.05) is 72.3 Å². The van der Waals surface area contributed by atoms with Crippen LogP contribution < -0.4 is 4.74 Å². The number of oxime groups is 1. The van der Waals surface area contributed by atoms with Crippen LogP contribution >= 0.6 is 23.4 Å². The molecule has 0 saturated carbocycles. The highest BCUT2D eigenvalue weighted by atomic mass is 35.5. The molecule has 0 saturated heterocycles. The maximum absolute atomic E-state index is 5.82. The second kappa shape index (κ2) is 10.3. The molecule has 0 atom stereocenters. The Labute approximate surface area is 195 Å². The van der Waals surface area contributed by atoms with Gasteiger partial charge in [0.15, 0.2) is 0 Å². The average molecular weight is 465 g/mol. The van der Waals surface area contributed by atoms with Crippen molar-refractivity contribution in [2.45, 2.75) is 23.5 Å². The number of ether oxygens (including phenoxy) is 1. The Balaban J connectivity index is 1.61. The lowest BCUT2D eigenvalue weighted by molar-refractivity contribution is 0.132. The van der Waals surface area contributed by atoms with Crippen molar-refractivity contribution in [3.05, 3.63) is 94.9 Å². The smallest absolute Gasteiger partial charge is 0.143 e. The summed E-state index contributed by atoms with van der Waals surface area (Å²) in [6.07, 6.45) is 3.37. The SMILES string of the molecule is COc1ccc(Sc2c(/C=N/OCc3ccc(Cl)nc3)c(C)nn2-c2ccccc2)cc1. The second-order valence-corrected chi connectivity index (χ2v) is 8.28. The van der Waals surface area contributed by atoms with Crippen LogP contribution in [0.25, 0.3) is 5.69 Å². The number of pyridine rings is 1. The molecule has 0 amide bonds. The molecule has 0 unspecified atom stereocenters. The van der Waals surface area contributed by atoms with E-state index in [9.17, 15) is 0 Å². The molecule has 8 heteroatoms. The van der Waals surface area contributed by atoms with Crippen LogP contribution in [0.4, 0.5) is 0 Å². The van der Waals surface area contributed by atoms with Gasteiger partial charge in [-0.05, 0) is 49.4 Å². The summed E-state index contributed by atoms with van der Waals surface area (Å²) in [5.74, 6) is 0.814. The molecule has 0 fully saturated rings. The standard InChI is InChI=1S/C24H21ClN4O2S/c1-17-22(15-27-31-16-18-8-13-23(25)26-14-18)24(29(28-17)19-6-4-3-5-7-19)32-21-11-9-20(30-2)10-12-21/h3-15H,16H2,1-2H3/b27-15+. The molecule has 2 aromatic heterocycles. The van der Waals surface area contributed by atoms with Crippen molar-refractivity contribution in [2.24, 2.45) is 5.16 Å². The van der Waals surface area contributed by atoms with Gasteiger partial charge in [-0.2, -0.15) is 5.10 Å². The van der Waals surface area contributed by atoms with E-state index in [0.717, 1.165) is 38.2 Å². The fourth-order valence-corrected chi connectivity index (χ4v) is 4.11. The average Bonchev–Trinajstić information content (AvgIpc) is 3.14. The number of hydrogen-bond donors (Lipinski definition) is 0. The summed E-state index contributed by atoms with van der Waals surface area (Å²) in [4.78, 5) is 10.6. The molecule has 0 bridgehead atoms. The quantitative estimate of drug-likeness (QED) is 0.183. The molecule has 2 aromatic carbocycles. The van der Waals surface area contributed by atoms with Crippen molar-refractivity contribution < 1.29 is 9.57 Å². The predicted molar refractivity (Wildman–Crippen MR) is 127 cm³/mol. The number of halogens is 1. The van der Waals surface area contributed by atoms with Gasteiger partial charge in [-0.3, -0.25) is 0 Å². The molecule has 0 N–H and O–H groups in total. The van der Waals surface area contributed by atoms with Gasteiger partial charge in [0.2, 0.25) is 0 Å². The first-order valence-corrected chi connectivity index (χ1v) is 11.1. The first-order chi connectivity index (χ1) is 15.6. The minimum atomic E-state index is 0.299. The summed E-state index contributed by atoms with van der Waals surface area (Å²) >= 11 is 7.43. The van der Waals surface area contributed by atoms with Gasteiger partial charge < -0.3 is 9.57 Å². The summed E-state index contributed by atoms with van der Waals surface area (Å²) in [6, 6.07) is 21.5. The van der Waals surface area contributed by atoms with Gasteiger partial charge in [-0.1, -0.05) is 52.8 Å². The zero-order valence-corrected chi connectivity index (χ0v) is 19.2. The number of aryl methyl sites for hydroxylation is 1. The number of nitrogens with zero attached hydrogens (tertiary/aromatic N) is 4. The van der Waals surface area contributed by atoms with E-state index in [0.29, 0.717) is 11.8 Å². The van der Waals surface area contributed by atoms with Crippen LogP contribution in [0.5, 0.6) is 5.75 Å². The number of methoxy groups -OCH3 is 1. The van der Waals surface area contributed by atoms with Crippen LogP contribution in [0.3, 0.4) is 0 Å². The Hall–Kier alpha value is -3.29. The zero-order valence-electron chi connectivity index (χ0n) is 17.6. The number of aromatic nitrogens is 3. The van der Waals surface area contributed by atoms with Gasteiger partial charge in [0, 0.05) is 16.7 Å². The second-order valence-electron chi connectivity index (χ2n) is 6.83. The molecule has 32 heavy (non-hydrogen) atoms. The minimum absolute atomic E-state index is 0.299. The Morgan fingerprint density at radius 1 is 1.06 bits per heavy atom. The van der Waals surface area contributed by atoms with E-state index in [1.54, 1.807) is 37.3 Å². The highest BCUT2D eigenvalue weighted by Crippen LogP contribution is 2.34. The topological polar surface area (TPSA) is 61.5 Å². The molecule has 2 heterocycles. The van der Waals surface area contributed by atoms with Crippen LogP contribution in [0.2, 0.25) is 5.15 Å². The summed E-state index contributed by atoms with van der Waals surface area (Å²) in [5, 5.41) is 10.3. The van der Waals surface area contributed by atoms with Crippen molar-refractivity contribution in [1.82, 2.24) is 14.8 Å². The van der Waals surface area contributed by atoms with Crippen LogP contribution in [-0.2, 0) is 11.4 Å². The number of para-hydroxylation sites is 1. The Morgan fingerprint density at radius 2 is 1.84 bits per heavy atom. The van der Waals surface area contributed by atoms with Crippen LogP contribution in [-0.4, -0.2) is 28.1 Å². The van der Waals surface area contributed by atoms with Gasteiger partial charge in [0.05, 0.1) is 30.3 Å². The largest absolute Gasteiger partial charge is 0.497 e. The third-order valence-electron chi connectivity index (χ3n) is 4.61. The Morgan fingerprint density at radius 3 is 2.53 bits per heavy atom. The Kier molecular flexibility index (Phi) is 7.09. The lowest BCUT2D eigenvalue weighted by Crippen LogP contribution is -1.98. The fourth-order valence-electron chi connectivity index (χ4n) is 2.96. The normalized spacial score (nSPS) is 11.1. The molecule has 0 aliphatic carbocycles. The fraction of sp³-hybridized carbons (Fsp3) is 0.125. The Bertz CT molecular complexity index is 1190. The first-order valence-electron chi connectivity index (χ1n) is 9.87. The molecule has 0 aliphatic heterocycles. The highest BCUT2D eigenvalue weighted by Gasteiger charge is 2.17. The molecule has 0 spiro atoms. The third kappa shape index (κ3) is 5.30. The lowest BCUT2D eigenvalue weighted by Gasteiger charge is -2.09. The van der Waals surface area contributed by atoms with E-state index in [4.69, 9.17) is 26.3 Å². The maximum Gasteiger partial charge on any atom is 0.143 e. The molecule has 162 valence electrons. The van der Waals surface area contributed by atoms with Crippen LogP contribution in [0.15, 0.2) is 88.0 Å². The molecular weight excluding hydrogens is 444 g/mol. The van der Waals surface area contributed by atoms with Crippen molar-refractivity contribution in [2.75, 3.05) is 7.11 Å². The van der Waals surface area contributed by atoms with Gasteiger partial charge in [0.1, 0.15) is 22.5 Å². The summed E-state index contributed by atoms with van der Waals surface area (Å²) in [5.41, 5.74) is 3.60. The van der Waals surface area contributed by atoms with E-state index in [1.165, 1.54) is 0 Å². The van der Waals surface area contributed by atoms with E-state index >= 15 is 0 Å². The van der Waals surface area contributed by atoms with Crippen molar-refractivity contribution >= 4 is 29.6 Å². The molecule has 0 aliphatic rings. The van der Waals surface area contributed by atoms with Crippen LogP contribution in [0, 0.1) is 6.92 Å². The van der Waals surface area contributed by atoms with Crippen LogP contribution in [0.1, 0.15) is 16.8 Å². The third-order valence-corrected chi connectivity index (χ3v) is 5.93. The molecule has 0 radical (unpaired) electrons. The summed E-state index contributed by atoms with van der Waals surface area (Å²) in [7, 11) is 1.66. The molecule has 4 aromatic rings. The van der Waals surface area contributed by atoms with Crippen molar-refractivity contribution in [3.8, 4) is 11.4 Å². The number of hydrogen-bond acceptors (Lipinski definition) is 6. The summed E-state index contributed by atoms with van der Waals surface area (Å²) in [6.45, 7) is 2.26. The van der Waals surface area contributed by atoms with Gasteiger partial charge in [0.25, 0.3) is 0 Å². The lowest BCUT2D eigenvalue weighted by atomic mass is 10.3. The number of rotatable bonds is 8. The van der Waals surface area contributed by atoms with E-state index < -0.39 is 0 Å². The highest BCUT2D eigenvalue weighted by molar-refractivity contribution is 7.99. The van der Waals surface area contributed by atoms with E-state index in [2.05, 4.69) is 10.1 Å². The minimum Gasteiger partial charge on any atom is -0.497 e. The van der Waals surface area contributed by atoms with E-state index in [-0.39, 0.29) is 0 Å².